The molecule has 0 bridgehead atoms. The van der Waals surface area contributed by atoms with Gasteiger partial charge in [-0.3, -0.25) is 0 Å². The van der Waals surface area contributed by atoms with Gasteiger partial charge in [-0.2, -0.15) is 0 Å². The van der Waals surface area contributed by atoms with Crippen molar-refractivity contribution >= 4 is 12.8 Å². The first-order valence-electron chi connectivity index (χ1n) is 6.98. The average molecular weight is 411 g/mol. The van der Waals surface area contributed by atoms with Crippen molar-refractivity contribution in [2.75, 3.05) is 0 Å². The predicted molar refractivity (Wildman–Crippen MR) is 81.8 cm³/mol. The number of allylic oxidation sites excluding steroid dienone is 2. The van der Waals surface area contributed by atoms with Gasteiger partial charge >= 0.3 is 132 Å². The van der Waals surface area contributed by atoms with E-state index in [-0.39, 0.29) is 24.8 Å². The van der Waals surface area contributed by atoms with E-state index in [2.05, 4.69) is 69.2 Å². The number of benzene rings is 1. The normalized spacial score (nSPS) is 11.8. The van der Waals surface area contributed by atoms with Crippen molar-refractivity contribution in [3.63, 3.8) is 0 Å². The summed E-state index contributed by atoms with van der Waals surface area (Å²) >= 11 is -0.795. The maximum absolute atomic E-state index is 3.51. The largest absolute Gasteiger partial charge is 1.00 e. The number of hydrogen-bond acceptors (Lipinski definition) is 0. The van der Waals surface area contributed by atoms with Crippen LogP contribution in [0.3, 0.4) is 0 Å². The Bertz CT molecular complexity index is 827. The molecule has 22 heavy (non-hydrogen) atoms. The van der Waals surface area contributed by atoms with E-state index in [1.165, 1.54) is 36.1 Å². The van der Waals surface area contributed by atoms with Crippen LogP contribution in [0.2, 0.25) is 0 Å². The van der Waals surface area contributed by atoms with E-state index < -0.39 is 23.2 Å². The van der Waals surface area contributed by atoms with Crippen molar-refractivity contribution < 1.29 is 48.0 Å². The van der Waals surface area contributed by atoms with E-state index in [0.29, 0.717) is 0 Å². The van der Waals surface area contributed by atoms with Gasteiger partial charge in [0.2, 0.25) is 0 Å². The number of aromatic amines is 1. The number of H-pyrrole nitrogens is 1. The summed E-state index contributed by atoms with van der Waals surface area (Å²) in [5.74, 6) is 0. The summed E-state index contributed by atoms with van der Waals surface area (Å²) in [6.45, 7) is 8.89. The first-order chi connectivity index (χ1) is 9.58. The van der Waals surface area contributed by atoms with Crippen molar-refractivity contribution in [2.45, 2.75) is 27.7 Å². The molecule has 2 aromatic rings. The molecule has 1 N–H and O–H groups in total. The second kappa shape index (κ2) is 7.82. The summed E-state index contributed by atoms with van der Waals surface area (Å²) in [6, 6.07) is 8.81. The zero-order chi connectivity index (χ0) is 14.3. The number of aromatic nitrogens is 1. The molecule has 1 heterocycles. The van der Waals surface area contributed by atoms with Gasteiger partial charge in [0.05, 0.1) is 0 Å². The Morgan fingerprint density at radius 2 is 1.73 bits per heavy atom. The standard InChI is InChI=1S/C12H11.C6H8N.2ClH.Zr/c1-9(2)12-7-10-5-3-4-6-11(10)8-12;1-5-3-7-4-6(5)2;;;/h3-7H,1-2H3;3,7H,1-2H3;2*1H;/q;;;;+2/p-2. The Morgan fingerprint density at radius 3 is 2.32 bits per heavy atom. The van der Waals surface area contributed by atoms with Crippen LogP contribution in [-0.2, 0) is 23.2 Å². The molecule has 1 aromatic heterocycles. The zero-order valence-corrected chi connectivity index (χ0v) is 17.2. The number of fused-ring (bicyclic) bond motifs is 1. The molecule has 114 valence electrons. The summed E-state index contributed by atoms with van der Waals surface area (Å²) in [5, 5.41) is 2.85. The van der Waals surface area contributed by atoms with Crippen LogP contribution in [0.5, 0.6) is 0 Å². The van der Waals surface area contributed by atoms with Gasteiger partial charge in [0, 0.05) is 0 Å². The third-order valence-electron chi connectivity index (χ3n) is 3.99. The fourth-order valence-corrected chi connectivity index (χ4v) is 6.53. The van der Waals surface area contributed by atoms with Crippen molar-refractivity contribution in [3.05, 3.63) is 63.2 Å². The minimum Gasteiger partial charge on any atom is -1.00 e. The fraction of sp³-hybridized carbons (Fsp3) is 0.222. The molecule has 0 aliphatic heterocycles. The summed E-state index contributed by atoms with van der Waals surface area (Å²) in [6.07, 6.45) is 4.52. The van der Waals surface area contributed by atoms with Gasteiger partial charge in [-0.05, 0) is 0 Å². The Labute approximate surface area is 156 Å². The molecule has 1 aliphatic rings. The number of rotatable bonds is 2. The SMILES string of the molecule is CC(C)=C1C=c2ccccc2=[C]1[Zr+2][c]1[nH]cc(C)c1C.[Cl-].[Cl-]. The third-order valence-corrected chi connectivity index (χ3v) is 7.82. The smallest absolute Gasteiger partial charge is 1.00 e. The van der Waals surface area contributed by atoms with Crippen LogP contribution < -0.4 is 38.7 Å². The average Bonchev–Trinajstić information content (AvgIpc) is 2.95. The van der Waals surface area contributed by atoms with Gasteiger partial charge in [0.25, 0.3) is 0 Å². The van der Waals surface area contributed by atoms with Gasteiger partial charge in [0.15, 0.2) is 0 Å². The fourth-order valence-electron chi connectivity index (χ4n) is 2.60. The summed E-state index contributed by atoms with van der Waals surface area (Å²) in [4.78, 5) is 3.51. The van der Waals surface area contributed by atoms with Crippen molar-refractivity contribution in [2.24, 2.45) is 0 Å². The van der Waals surface area contributed by atoms with Crippen LogP contribution in [0.15, 0.2) is 41.6 Å². The first-order valence-corrected chi connectivity index (χ1v) is 9.44. The minimum atomic E-state index is -0.795. The van der Waals surface area contributed by atoms with Crippen molar-refractivity contribution in [1.82, 2.24) is 4.98 Å². The Hall–Kier alpha value is -0.557. The number of halogens is 2. The molecule has 3 rings (SSSR count). The van der Waals surface area contributed by atoms with E-state index in [4.69, 9.17) is 0 Å². The molecule has 0 saturated heterocycles. The molecule has 0 fully saturated rings. The van der Waals surface area contributed by atoms with Gasteiger partial charge in [-0.1, -0.05) is 0 Å². The van der Waals surface area contributed by atoms with E-state index in [1.807, 2.05) is 0 Å². The van der Waals surface area contributed by atoms with Crippen LogP contribution in [0.4, 0.5) is 0 Å². The minimum absolute atomic E-state index is 0. The van der Waals surface area contributed by atoms with Gasteiger partial charge in [-0.15, -0.1) is 0 Å². The maximum Gasteiger partial charge on any atom is -1.00 e. The summed E-state index contributed by atoms with van der Waals surface area (Å²) < 4.78 is 3.12. The van der Waals surface area contributed by atoms with Crippen LogP contribution in [0.1, 0.15) is 25.0 Å². The quantitative estimate of drug-likeness (QED) is 0.524. The zero-order valence-electron chi connectivity index (χ0n) is 13.2. The Balaban J connectivity index is 0.00000121. The molecule has 0 radical (unpaired) electrons. The van der Waals surface area contributed by atoms with Gasteiger partial charge < -0.3 is 24.8 Å². The summed E-state index contributed by atoms with van der Waals surface area (Å²) in [5.41, 5.74) is 5.75. The predicted octanol–water partition coefficient (Wildman–Crippen LogP) is -3.71. The molecular weight excluding hydrogens is 392 g/mol. The second-order valence-electron chi connectivity index (χ2n) is 5.62. The third kappa shape index (κ3) is 3.50. The van der Waals surface area contributed by atoms with E-state index in [9.17, 15) is 0 Å². The van der Waals surface area contributed by atoms with Crippen LogP contribution in [0.25, 0.3) is 9.36 Å². The molecular formula is C18H19Cl2NZr. The number of hydrogen-bond donors (Lipinski definition) is 1. The van der Waals surface area contributed by atoms with E-state index >= 15 is 0 Å². The molecule has 0 spiro atoms. The Kier molecular flexibility index (Phi) is 6.92. The number of aryl methyl sites for hydroxylation is 1. The molecule has 0 atom stereocenters. The van der Waals surface area contributed by atoms with Crippen molar-refractivity contribution in [1.29, 1.82) is 0 Å². The number of nitrogens with one attached hydrogen (secondary N) is 1. The monoisotopic (exact) mass is 409 g/mol. The molecule has 1 aromatic carbocycles. The van der Waals surface area contributed by atoms with Crippen molar-refractivity contribution in [3.8, 4) is 0 Å². The van der Waals surface area contributed by atoms with Crippen LogP contribution >= 0.6 is 0 Å². The second-order valence-corrected chi connectivity index (χ2v) is 8.69. The maximum atomic E-state index is 3.51. The molecule has 1 aliphatic carbocycles. The summed E-state index contributed by atoms with van der Waals surface area (Å²) in [7, 11) is 0. The Morgan fingerprint density at radius 1 is 1.05 bits per heavy atom. The van der Waals surface area contributed by atoms with E-state index in [0.717, 1.165) is 0 Å². The van der Waals surface area contributed by atoms with E-state index in [1.54, 1.807) is 3.28 Å². The topological polar surface area (TPSA) is 15.8 Å². The molecule has 0 amide bonds. The van der Waals surface area contributed by atoms with Crippen LogP contribution in [0, 0.1) is 13.8 Å². The molecule has 1 nitrogen and oxygen atoms in total. The molecule has 0 unspecified atom stereocenters. The van der Waals surface area contributed by atoms with Gasteiger partial charge in [0.1, 0.15) is 0 Å². The van der Waals surface area contributed by atoms with Gasteiger partial charge in [-0.25, -0.2) is 0 Å². The first kappa shape index (κ1) is 19.5. The van der Waals surface area contributed by atoms with Crippen LogP contribution in [-0.4, -0.2) is 4.98 Å². The molecule has 0 saturated carbocycles. The molecule has 4 heteroatoms.